The molecule has 21 heavy (non-hydrogen) atoms. The fraction of sp³-hybridized carbons (Fsp3) is 0.895. The van der Waals surface area contributed by atoms with E-state index in [0.29, 0.717) is 12.2 Å². The molecule has 0 bridgehead atoms. The third kappa shape index (κ3) is 6.76. The first-order valence-corrected chi connectivity index (χ1v) is 9.42. The van der Waals surface area contributed by atoms with Gasteiger partial charge in [-0.2, -0.15) is 0 Å². The first-order valence-electron chi connectivity index (χ1n) is 9.42. The van der Waals surface area contributed by atoms with E-state index in [9.17, 15) is 0 Å². The molecule has 0 aliphatic carbocycles. The first kappa shape index (κ1) is 18.4. The van der Waals surface area contributed by atoms with Crippen LogP contribution in [0.15, 0.2) is 12.4 Å². The lowest BCUT2D eigenvalue weighted by atomic mass is 10.1. The standard InChI is InChI=1S/C19H38N2/c1-5-7-8-9-10-11-12-13-15-20-16-17-21(18(3)4)19(20)14-6-2/h16-19H,5-15H2,1-4H3. The van der Waals surface area contributed by atoms with Crippen LogP contribution in [0, 0.1) is 0 Å². The second kappa shape index (κ2) is 11.0. The Balaban J connectivity index is 2.15. The SMILES string of the molecule is CCCCCCCCCCN1C=CN(C(C)C)C1CCC. The van der Waals surface area contributed by atoms with Crippen molar-refractivity contribution >= 4 is 0 Å². The van der Waals surface area contributed by atoms with Gasteiger partial charge < -0.3 is 9.80 Å². The van der Waals surface area contributed by atoms with Crippen LogP contribution in [0.5, 0.6) is 0 Å². The third-order valence-electron chi connectivity index (χ3n) is 4.57. The molecule has 1 atom stereocenters. The quantitative estimate of drug-likeness (QED) is 0.423. The lowest BCUT2D eigenvalue weighted by Crippen LogP contribution is -2.42. The molecular formula is C19H38N2. The molecule has 1 aliphatic heterocycles. The average Bonchev–Trinajstić information content (AvgIpc) is 2.85. The minimum atomic E-state index is 0.611. The molecule has 1 aliphatic rings. The molecule has 0 aromatic carbocycles. The largest absolute Gasteiger partial charge is 0.356 e. The van der Waals surface area contributed by atoms with Crippen LogP contribution in [0.25, 0.3) is 0 Å². The molecule has 2 heteroatoms. The molecule has 0 aromatic rings. The highest BCUT2D eigenvalue weighted by molar-refractivity contribution is 4.98. The zero-order valence-corrected chi connectivity index (χ0v) is 15.0. The Morgan fingerprint density at radius 3 is 2.00 bits per heavy atom. The Hall–Kier alpha value is -0.660. The van der Waals surface area contributed by atoms with Crippen LogP contribution in [0.2, 0.25) is 0 Å². The number of hydrogen-bond acceptors (Lipinski definition) is 2. The van der Waals surface area contributed by atoms with E-state index in [2.05, 4.69) is 49.9 Å². The van der Waals surface area contributed by atoms with Crippen molar-refractivity contribution in [3.63, 3.8) is 0 Å². The van der Waals surface area contributed by atoms with Crippen molar-refractivity contribution in [1.82, 2.24) is 9.80 Å². The van der Waals surface area contributed by atoms with Crippen LogP contribution >= 0.6 is 0 Å². The average molecular weight is 295 g/mol. The minimum absolute atomic E-state index is 0.611. The van der Waals surface area contributed by atoms with E-state index in [0.717, 1.165) is 0 Å². The van der Waals surface area contributed by atoms with E-state index >= 15 is 0 Å². The Morgan fingerprint density at radius 1 is 0.810 bits per heavy atom. The highest BCUT2D eigenvalue weighted by Gasteiger charge is 2.26. The van der Waals surface area contributed by atoms with Gasteiger partial charge in [-0.1, -0.05) is 65.2 Å². The monoisotopic (exact) mass is 294 g/mol. The van der Waals surface area contributed by atoms with Gasteiger partial charge in [-0.15, -0.1) is 0 Å². The van der Waals surface area contributed by atoms with Gasteiger partial charge in [0, 0.05) is 25.0 Å². The summed E-state index contributed by atoms with van der Waals surface area (Å²) in [5, 5.41) is 0. The van der Waals surface area contributed by atoms with Crippen LogP contribution in [0.4, 0.5) is 0 Å². The number of rotatable bonds is 12. The zero-order chi connectivity index (χ0) is 15.5. The minimum Gasteiger partial charge on any atom is -0.356 e. The van der Waals surface area contributed by atoms with Gasteiger partial charge in [-0.3, -0.25) is 0 Å². The van der Waals surface area contributed by atoms with Crippen LogP contribution < -0.4 is 0 Å². The molecule has 0 saturated carbocycles. The van der Waals surface area contributed by atoms with Crippen molar-refractivity contribution in [3.05, 3.63) is 12.4 Å². The predicted octanol–water partition coefficient (Wildman–Crippen LogP) is 5.75. The molecule has 1 rings (SSSR count). The fourth-order valence-corrected chi connectivity index (χ4v) is 3.27. The van der Waals surface area contributed by atoms with Crippen molar-refractivity contribution in [3.8, 4) is 0 Å². The van der Waals surface area contributed by atoms with E-state index in [1.807, 2.05) is 0 Å². The summed E-state index contributed by atoms with van der Waals surface area (Å²) in [6.07, 6.45) is 19.0. The molecule has 2 nitrogen and oxygen atoms in total. The number of hydrogen-bond donors (Lipinski definition) is 0. The molecule has 0 radical (unpaired) electrons. The zero-order valence-electron chi connectivity index (χ0n) is 15.0. The molecule has 0 amide bonds. The number of nitrogens with zero attached hydrogens (tertiary/aromatic N) is 2. The normalized spacial score (nSPS) is 18.2. The fourth-order valence-electron chi connectivity index (χ4n) is 3.27. The summed E-state index contributed by atoms with van der Waals surface area (Å²) < 4.78 is 0. The molecule has 0 spiro atoms. The second-order valence-electron chi connectivity index (χ2n) is 6.82. The van der Waals surface area contributed by atoms with E-state index in [1.54, 1.807) is 0 Å². The summed E-state index contributed by atoms with van der Waals surface area (Å²) in [6.45, 7) is 10.4. The van der Waals surface area contributed by atoms with Crippen molar-refractivity contribution in [2.24, 2.45) is 0 Å². The lowest BCUT2D eigenvalue weighted by Gasteiger charge is -2.35. The Kier molecular flexibility index (Phi) is 9.62. The molecule has 0 N–H and O–H groups in total. The summed E-state index contributed by atoms with van der Waals surface area (Å²) in [6, 6.07) is 0.612. The van der Waals surface area contributed by atoms with Gasteiger partial charge in [0.1, 0.15) is 6.17 Å². The molecule has 0 aromatic heterocycles. The van der Waals surface area contributed by atoms with E-state index in [4.69, 9.17) is 0 Å². The van der Waals surface area contributed by atoms with Gasteiger partial charge in [-0.25, -0.2) is 0 Å². The van der Waals surface area contributed by atoms with Crippen LogP contribution in [0.3, 0.4) is 0 Å². The maximum atomic E-state index is 2.57. The van der Waals surface area contributed by atoms with Gasteiger partial charge in [0.15, 0.2) is 0 Å². The van der Waals surface area contributed by atoms with Crippen molar-refractivity contribution < 1.29 is 0 Å². The summed E-state index contributed by atoms with van der Waals surface area (Å²) in [7, 11) is 0. The highest BCUT2D eigenvalue weighted by atomic mass is 15.4. The van der Waals surface area contributed by atoms with Crippen molar-refractivity contribution in [2.75, 3.05) is 6.54 Å². The Morgan fingerprint density at radius 2 is 1.43 bits per heavy atom. The maximum Gasteiger partial charge on any atom is 0.101 e. The molecule has 124 valence electrons. The van der Waals surface area contributed by atoms with Crippen LogP contribution in [0.1, 0.15) is 91.9 Å². The van der Waals surface area contributed by atoms with E-state index in [1.165, 1.54) is 70.8 Å². The molecular weight excluding hydrogens is 256 g/mol. The molecule has 1 heterocycles. The van der Waals surface area contributed by atoms with Crippen LogP contribution in [-0.2, 0) is 0 Å². The van der Waals surface area contributed by atoms with E-state index in [-0.39, 0.29) is 0 Å². The Bertz CT molecular complexity index is 273. The summed E-state index contributed by atoms with van der Waals surface area (Å²) in [5.41, 5.74) is 0. The van der Waals surface area contributed by atoms with Gasteiger partial charge in [0.2, 0.25) is 0 Å². The van der Waals surface area contributed by atoms with Gasteiger partial charge in [0.05, 0.1) is 0 Å². The number of unbranched alkanes of at least 4 members (excludes halogenated alkanes) is 7. The highest BCUT2D eigenvalue weighted by Crippen LogP contribution is 2.23. The van der Waals surface area contributed by atoms with Gasteiger partial charge in [0.25, 0.3) is 0 Å². The smallest absolute Gasteiger partial charge is 0.101 e. The van der Waals surface area contributed by atoms with Gasteiger partial charge >= 0.3 is 0 Å². The van der Waals surface area contributed by atoms with Gasteiger partial charge in [-0.05, 0) is 26.7 Å². The van der Waals surface area contributed by atoms with E-state index < -0.39 is 0 Å². The third-order valence-corrected chi connectivity index (χ3v) is 4.57. The predicted molar refractivity (Wildman–Crippen MR) is 94.1 cm³/mol. The molecule has 1 unspecified atom stereocenters. The molecule has 0 fully saturated rings. The summed E-state index contributed by atoms with van der Waals surface area (Å²) in [5.74, 6) is 0. The first-order chi connectivity index (χ1) is 10.2. The topological polar surface area (TPSA) is 6.48 Å². The molecule has 0 saturated heterocycles. The van der Waals surface area contributed by atoms with Crippen molar-refractivity contribution in [2.45, 2.75) is 104 Å². The summed E-state index contributed by atoms with van der Waals surface area (Å²) >= 11 is 0. The summed E-state index contributed by atoms with van der Waals surface area (Å²) in [4.78, 5) is 5.09. The Labute approximate surface area is 133 Å². The second-order valence-corrected chi connectivity index (χ2v) is 6.82. The maximum absolute atomic E-state index is 2.57. The van der Waals surface area contributed by atoms with Crippen molar-refractivity contribution in [1.29, 1.82) is 0 Å². The van der Waals surface area contributed by atoms with Crippen LogP contribution in [-0.4, -0.2) is 28.6 Å². The lowest BCUT2D eigenvalue weighted by molar-refractivity contribution is 0.116.